The predicted molar refractivity (Wildman–Crippen MR) is 69.5 cm³/mol. The first kappa shape index (κ1) is 15.9. The smallest absolute Gasteiger partial charge is 0.370 e. The van der Waals surface area contributed by atoms with Crippen LogP contribution in [0.2, 0.25) is 0 Å². The molecular weight excluding hydrogens is 275 g/mol. The molecule has 0 unspecified atom stereocenters. The maximum Gasteiger partial charge on any atom is 0.416 e. The molecular formula is C11H16F3N5O. The molecule has 0 aliphatic heterocycles. The summed E-state index contributed by atoms with van der Waals surface area (Å²) < 4.78 is 38.2. The molecule has 0 aromatic carbocycles. The molecule has 1 aromatic rings. The number of urea groups is 1. The van der Waals surface area contributed by atoms with E-state index in [4.69, 9.17) is 5.73 Å². The molecule has 1 heterocycles. The van der Waals surface area contributed by atoms with E-state index in [-0.39, 0.29) is 24.7 Å². The van der Waals surface area contributed by atoms with E-state index in [1.807, 2.05) is 0 Å². The number of nitrogens with one attached hydrogen (secondary N) is 3. The number of hydrogen-bond acceptors (Lipinski definition) is 4. The Morgan fingerprint density at radius 2 is 1.85 bits per heavy atom. The number of halogens is 3. The fourth-order valence-electron chi connectivity index (χ4n) is 1.43. The van der Waals surface area contributed by atoms with Crippen molar-refractivity contribution in [2.24, 2.45) is 5.73 Å². The lowest BCUT2D eigenvalue weighted by Crippen LogP contribution is -2.33. The summed E-state index contributed by atoms with van der Waals surface area (Å²) >= 11 is 0. The van der Waals surface area contributed by atoms with Crippen molar-refractivity contribution in [3.8, 4) is 0 Å². The zero-order valence-corrected chi connectivity index (χ0v) is 10.8. The van der Waals surface area contributed by atoms with Gasteiger partial charge in [-0.3, -0.25) is 0 Å². The van der Waals surface area contributed by atoms with E-state index in [0.29, 0.717) is 6.54 Å². The minimum atomic E-state index is -4.45. The molecule has 112 valence electrons. The van der Waals surface area contributed by atoms with E-state index >= 15 is 0 Å². The van der Waals surface area contributed by atoms with Crippen molar-refractivity contribution < 1.29 is 18.0 Å². The van der Waals surface area contributed by atoms with Crippen LogP contribution in [0.4, 0.5) is 29.6 Å². The highest BCUT2D eigenvalue weighted by Gasteiger charge is 2.31. The second-order valence-corrected chi connectivity index (χ2v) is 3.87. The van der Waals surface area contributed by atoms with Crippen molar-refractivity contribution in [1.29, 1.82) is 0 Å². The molecule has 1 rings (SSSR count). The molecule has 0 saturated carbocycles. The molecule has 0 saturated heterocycles. The molecule has 0 aliphatic carbocycles. The number of hydrogen-bond donors (Lipinski definition) is 4. The van der Waals surface area contributed by atoms with Gasteiger partial charge in [0.15, 0.2) is 0 Å². The number of anilines is 2. The monoisotopic (exact) mass is 291 g/mol. The minimum Gasteiger partial charge on any atom is -0.370 e. The summed E-state index contributed by atoms with van der Waals surface area (Å²) in [5.74, 6) is 0.203. The minimum absolute atomic E-state index is 0.0713. The van der Waals surface area contributed by atoms with Crippen LogP contribution in [0.5, 0.6) is 0 Å². The Morgan fingerprint density at radius 3 is 2.35 bits per heavy atom. The highest BCUT2D eigenvalue weighted by atomic mass is 19.4. The van der Waals surface area contributed by atoms with E-state index in [1.54, 1.807) is 6.92 Å². The van der Waals surface area contributed by atoms with Crippen LogP contribution in [0.3, 0.4) is 0 Å². The maximum absolute atomic E-state index is 12.7. The van der Waals surface area contributed by atoms with Crippen LogP contribution in [-0.4, -0.2) is 30.6 Å². The standard InChI is InChI=1S/C11H16F3N5O/c1-2-16-8-5-7(11(12,13)14)6-9(19-8)17-3-4-18-10(15)20/h5-6H,2-4H2,1H3,(H3,15,18,20)(H2,16,17,19). The molecule has 0 fully saturated rings. The van der Waals surface area contributed by atoms with Gasteiger partial charge >= 0.3 is 12.2 Å². The predicted octanol–water partition coefficient (Wildman–Crippen LogP) is 1.61. The third kappa shape index (κ3) is 5.21. The van der Waals surface area contributed by atoms with Crippen LogP contribution >= 0.6 is 0 Å². The Balaban J connectivity index is 2.78. The zero-order chi connectivity index (χ0) is 15.2. The molecule has 9 heteroatoms. The lowest BCUT2D eigenvalue weighted by Gasteiger charge is -2.13. The molecule has 1 aromatic heterocycles. The fraction of sp³-hybridized carbons (Fsp3) is 0.455. The SMILES string of the molecule is CCNc1cc(C(F)(F)F)cc(NCCNC(N)=O)n1. The lowest BCUT2D eigenvalue weighted by molar-refractivity contribution is -0.137. The number of aromatic nitrogens is 1. The second-order valence-electron chi connectivity index (χ2n) is 3.87. The topological polar surface area (TPSA) is 92.1 Å². The van der Waals surface area contributed by atoms with Gasteiger partial charge in [-0.15, -0.1) is 0 Å². The molecule has 20 heavy (non-hydrogen) atoms. The van der Waals surface area contributed by atoms with Crippen LogP contribution in [0.1, 0.15) is 12.5 Å². The van der Waals surface area contributed by atoms with Gasteiger partial charge in [0.1, 0.15) is 11.6 Å². The van der Waals surface area contributed by atoms with E-state index in [0.717, 1.165) is 12.1 Å². The molecule has 0 atom stereocenters. The number of rotatable bonds is 6. The normalized spacial score (nSPS) is 11.0. The number of alkyl halides is 3. The van der Waals surface area contributed by atoms with Gasteiger partial charge in [0.2, 0.25) is 0 Å². The first-order valence-electron chi connectivity index (χ1n) is 5.93. The van der Waals surface area contributed by atoms with Gasteiger partial charge in [0.25, 0.3) is 0 Å². The first-order chi connectivity index (χ1) is 9.32. The van der Waals surface area contributed by atoms with Gasteiger partial charge in [-0.2, -0.15) is 13.2 Å². The first-order valence-corrected chi connectivity index (χ1v) is 5.93. The number of carbonyl (C=O) groups excluding carboxylic acids is 1. The van der Waals surface area contributed by atoms with Crippen molar-refractivity contribution in [2.75, 3.05) is 30.3 Å². The fourth-order valence-corrected chi connectivity index (χ4v) is 1.43. The van der Waals surface area contributed by atoms with Crippen molar-refractivity contribution in [3.63, 3.8) is 0 Å². The average molecular weight is 291 g/mol. The third-order valence-corrected chi connectivity index (χ3v) is 2.24. The average Bonchev–Trinajstić information content (AvgIpc) is 2.33. The number of pyridine rings is 1. The third-order valence-electron chi connectivity index (χ3n) is 2.24. The van der Waals surface area contributed by atoms with Crippen LogP contribution in [0, 0.1) is 0 Å². The highest BCUT2D eigenvalue weighted by molar-refractivity contribution is 5.71. The van der Waals surface area contributed by atoms with E-state index < -0.39 is 17.8 Å². The summed E-state index contributed by atoms with van der Waals surface area (Å²) in [6.45, 7) is 2.61. The number of primary amides is 1. The summed E-state index contributed by atoms with van der Waals surface area (Å²) in [5.41, 5.74) is 4.07. The van der Waals surface area contributed by atoms with Crippen LogP contribution in [0.15, 0.2) is 12.1 Å². The molecule has 0 bridgehead atoms. The van der Waals surface area contributed by atoms with E-state index in [2.05, 4.69) is 20.9 Å². The van der Waals surface area contributed by atoms with Crippen molar-refractivity contribution >= 4 is 17.7 Å². The van der Waals surface area contributed by atoms with Gasteiger partial charge in [-0.05, 0) is 19.1 Å². The van der Waals surface area contributed by atoms with Gasteiger partial charge in [0, 0.05) is 19.6 Å². The largest absolute Gasteiger partial charge is 0.416 e. The van der Waals surface area contributed by atoms with Crippen molar-refractivity contribution in [3.05, 3.63) is 17.7 Å². The Kier molecular flexibility index (Phi) is 5.42. The van der Waals surface area contributed by atoms with Crippen LogP contribution in [0.25, 0.3) is 0 Å². The quantitative estimate of drug-likeness (QED) is 0.599. The maximum atomic E-state index is 12.7. The molecule has 0 radical (unpaired) electrons. The summed E-state index contributed by atoms with van der Waals surface area (Å²) in [6, 6.07) is 1.15. The molecule has 0 spiro atoms. The summed E-state index contributed by atoms with van der Waals surface area (Å²) in [6.07, 6.45) is -4.45. The van der Waals surface area contributed by atoms with Crippen LogP contribution in [-0.2, 0) is 6.18 Å². The van der Waals surface area contributed by atoms with E-state index in [9.17, 15) is 18.0 Å². The van der Waals surface area contributed by atoms with Gasteiger partial charge < -0.3 is 21.7 Å². The van der Waals surface area contributed by atoms with Gasteiger partial charge in [-0.1, -0.05) is 0 Å². The molecule has 5 N–H and O–H groups in total. The second kappa shape index (κ2) is 6.83. The molecule has 6 nitrogen and oxygen atoms in total. The summed E-state index contributed by atoms with van der Waals surface area (Å²) in [7, 11) is 0. The Labute approximate surface area is 113 Å². The van der Waals surface area contributed by atoms with Crippen molar-refractivity contribution in [2.45, 2.75) is 13.1 Å². The number of carbonyl (C=O) groups is 1. The van der Waals surface area contributed by atoms with Crippen molar-refractivity contribution in [1.82, 2.24) is 10.3 Å². The van der Waals surface area contributed by atoms with E-state index in [1.165, 1.54) is 0 Å². The summed E-state index contributed by atoms with van der Waals surface area (Å²) in [5, 5.41) is 7.73. The molecule has 0 aliphatic rings. The summed E-state index contributed by atoms with van der Waals surface area (Å²) in [4.78, 5) is 14.4. The Bertz CT molecular complexity index is 464. The Hall–Kier alpha value is -2.19. The lowest BCUT2D eigenvalue weighted by atomic mass is 10.2. The molecule has 2 amide bonds. The van der Waals surface area contributed by atoms with Crippen LogP contribution < -0.4 is 21.7 Å². The van der Waals surface area contributed by atoms with Gasteiger partial charge in [0.05, 0.1) is 5.56 Å². The highest BCUT2D eigenvalue weighted by Crippen LogP contribution is 2.31. The number of amides is 2. The number of nitrogens with two attached hydrogens (primary N) is 1. The Morgan fingerprint density at radius 1 is 1.25 bits per heavy atom. The zero-order valence-electron chi connectivity index (χ0n) is 10.8. The number of nitrogens with zero attached hydrogens (tertiary/aromatic N) is 1. The van der Waals surface area contributed by atoms with Gasteiger partial charge in [-0.25, -0.2) is 9.78 Å².